The van der Waals surface area contributed by atoms with E-state index in [9.17, 15) is 4.79 Å². The highest BCUT2D eigenvalue weighted by Crippen LogP contribution is 2.28. The Hall–Kier alpha value is -2.18. The van der Waals surface area contributed by atoms with Gasteiger partial charge in [0, 0.05) is 33.2 Å². The average Bonchev–Trinajstić information content (AvgIpc) is 2.90. The van der Waals surface area contributed by atoms with Crippen LogP contribution in [-0.4, -0.2) is 57.0 Å². The third-order valence-electron chi connectivity index (χ3n) is 4.54. The van der Waals surface area contributed by atoms with Crippen LogP contribution in [0.2, 0.25) is 0 Å². The van der Waals surface area contributed by atoms with Gasteiger partial charge in [0.05, 0.1) is 0 Å². The molecule has 1 fully saturated rings. The molecule has 0 spiro atoms. The summed E-state index contributed by atoms with van der Waals surface area (Å²) in [5, 5.41) is 0. The fourth-order valence-corrected chi connectivity index (χ4v) is 3.32. The largest absolute Gasteiger partial charge is 0.355 e. The summed E-state index contributed by atoms with van der Waals surface area (Å²) in [5.41, 5.74) is 1.57. The van der Waals surface area contributed by atoms with E-state index in [0.717, 1.165) is 42.4 Å². The lowest BCUT2D eigenvalue weighted by molar-refractivity contribution is 0.0743. The molecular weight excluding hydrogens is 280 g/mol. The standard InChI is InChI=1S/C15H20N6O/c1-10-16-12(20-6-4-3-5-7-20)11-13(17-10)21-9-8-19(2)15(22)14(21)18-11/h3-9H2,1-2H3. The first-order valence-corrected chi connectivity index (χ1v) is 7.90. The molecule has 7 heteroatoms. The molecular formula is C15H20N6O. The van der Waals surface area contributed by atoms with Crippen LogP contribution in [0.15, 0.2) is 0 Å². The van der Waals surface area contributed by atoms with Crippen molar-refractivity contribution in [2.45, 2.75) is 32.7 Å². The van der Waals surface area contributed by atoms with Crippen molar-refractivity contribution in [1.82, 2.24) is 24.4 Å². The average molecular weight is 300 g/mol. The number of aromatic nitrogens is 4. The fourth-order valence-electron chi connectivity index (χ4n) is 3.32. The minimum absolute atomic E-state index is 0.0357. The molecule has 116 valence electrons. The van der Waals surface area contributed by atoms with E-state index < -0.39 is 0 Å². The fraction of sp³-hybridized carbons (Fsp3) is 0.600. The third kappa shape index (κ3) is 1.95. The van der Waals surface area contributed by atoms with Gasteiger partial charge in [0.1, 0.15) is 5.82 Å². The van der Waals surface area contributed by atoms with Crippen LogP contribution in [0.3, 0.4) is 0 Å². The van der Waals surface area contributed by atoms with Crippen molar-refractivity contribution in [3.63, 3.8) is 0 Å². The molecule has 4 rings (SSSR count). The zero-order valence-corrected chi connectivity index (χ0v) is 13.0. The van der Waals surface area contributed by atoms with Crippen LogP contribution in [0.1, 0.15) is 35.7 Å². The Morgan fingerprint density at radius 1 is 0.955 bits per heavy atom. The van der Waals surface area contributed by atoms with E-state index in [1.165, 1.54) is 19.3 Å². The summed E-state index contributed by atoms with van der Waals surface area (Å²) in [6.45, 7) is 5.34. The number of nitrogens with zero attached hydrogens (tertiary/aromatic N) is 6. The number of anilines is 1. The van der Waals surface area contributed by atoms with Gasteiger partial charge in [0.25, 0.3) is 5.91 Å². The second kappa shape index (κ2) is 4.93. The third-order valence-corrected chi connectivity index (χ3v) is 4.54. The number of rotatable bonds is 1. The Kier molecular flexibility index (Phi) is 3.02. The summed E-state index contributed by atoms with van der Waals surface area (Å²) in [6, 6.07) is 0. The van der Waals surface area contributed by atoms with Gasteiger partial charge < -0.3 is 14.4 Å². The Labute approximate surface area is 129 Å². The van der Waals surface area contributed by atoms with Gasteiger partial charge in [-0.1, -0.05) is 0 Å². The Balaban J connectivity index is 1.91. The van der Waals surface area contributed by atoms with E-state index in [4.69, 9.17) is 0 Å². The van der Waals surface area contributed by atoms with Gasteiger partial charge in [-0.3, -0.25) is 4.79 Å². The Morgan fingerprint density at radius 3 is 2.50 bits per heavy atom. The van der Waals surface area contributed by atoms with Crippen LogP contribution < -0.4 is 4.90 Å². The minimum atomic E-state index is -0.0357. The van der Waals surface area contributed by atoms with Crippen molar-refractivity contribution < 1.29 is 4.79 Å². The number of carbonyl (C=O) groups is 1. The van der Waals surface area contributed by atoms with Gasteiger partial charge in [0.2, 0.25) is 5.82 Å². The molecule has 0 atom stereocenters. The maximum absolute atomic E-state index is 12.3. The molecule has 0 N–H and O–H groups in total. The summed E-state index contributed by atoms with van der Waals surface area (Å²) in [7, 11) is 1.81. The summed E-state index contributed by atoms with van der Waals surface area (Å²) in [5.74, 6) is 2.08. The maximum atomic E-state index is 12.3. The second-order valence-electron chi connectivity index (χ2n) is 6.13. The van der Waals surface area contributed by atoms with E-state index in [-0.39, 0.29) is 5.91 Å². The zero-order chi connectivity index (χ0) is 15.3. The molecule has 0 aromatic carbocycles. The number of aryl methyl sites for hydroxylation is 1. The molecule has 7 nitrogen and oxygen atoms in total. The van der Waals surface area contributed by atoms with Gasteiger partial charge in [-0.05, 0) is 26.2 Å². The predicted octanol–water partition coefficient (Wildman–Crippen LogP) is 1.21. The second-order valence-corrected chi connectivity index (χ2v) is 6.13. The van der Waals surface area contributed by atoms with E-state index in [0.29, 0.717) is 12.4 Å². The van der Waals surface area contributed by atoms with Crippen molar-refractivity contribution in [1.29, 1.82) is 0 Å². The molecule has 0 bridgehead atoms. The lowest BCUT2D eigenvalue weighted by Gasteiger charge is -2.27. The van der Waals surface area contributed by atoms with Crippen LogP contribution >= 0.6 is 0 Å². The smallest absolute Gasteiger partial charge is 0.289 e. The first kappa shape index (κ1) is 13.5. The van der Waals surface area contributed by atoms with E-state index in [1.54, 1.807) is 4.90 Å². The highest BCUT2D eigenvalue weighted by molar-refractivity contribution is 5.97. The number of hydrogen-bond donors (Lipinski definition) is 0. The predicted molar refractivity (Wildman–Crippen MR) is 83.1 cm³/mol. The van der Waals surface area contributed by atoms with Crippen molar-refractivity contribution in [3.05, 3.63) is 11.6 Å². The van der Waals surface area contributed by atoms with Gasteiger partial charge >= 0.3 is 0 Å². The molecule has 1 amide bonds. The molecule has 1 saturated heterocycles. The van der Waals surface area contributed by atoms with Gasteiger partial charge in [-0.2, -0.15) is 0 Å². The van der Waals surface area contributed by atoms with Crippen LogP contribution in [0, 0.1) is 6.92 Å². The van der Waals surface area contributed by atoms with Gasteiger partial charge in [-0.15, -0.1) is 0 Å². The van der Waals surface area contributed by atoms with Crippen LogP contribution in [0.25, 0.3) is 11.2 Å². The minimum Gasteiger partial charge on any atom is -0.355 e. The lowest BCUT2D eigenvalue weighted by atomic mass is 10.1. The van der Waals surface area contributed by atoms with E-state index >= 15 is 0 Å². The summed E-state index contributed by atoms with van der Waals surface area (Å²) in [4.78, 5) is 30.1. The maximum Gasteiger partial charge on any atom is 0.289 e. The number of piperidine rings is 1. The van der Waals surface area contributed by atoms with E-state index in [2.05, 4.69) is 19.9 Å². The molecule has 0 unspecified atom stereocenters. The SMILES string of the molecule is Cc1nc(N2CCCCC2)c2nc3n(c2n1)CCN(C)C3=O. The van der Waals surface area contributed by atoms with Crippen molar-refractivity contribution >= 4 is 22.9 Å². The molecule has 2 aliphatic heterocycles. The van der Waals surface area contributed by atoms with Gasteiger partial charge in [-0.25, -0.2) is 15.0 Å². The quantitative estimate of drug-likeness (QED) is 0.792. The monoisotopic (exact) mass is 300 g/mol. The zero-order valence-electron chi connectivity index (χ0n) is 13.0. The number of fused-ring (bicyclic) bond motifs is 3. The number of carbonyl (C=O) groups excluding carboxylic acids is 1. The number of amides is 1. The molecule has 0 radical (unpaired) electrons. The molecule has 22 heavy (non-hydrogen) atoms. The molecule has 4 heterocycles. The van der Waals surface area contributed by atoms with Crippen molar-refractivity contribution in [2.24, 2.45) is 0 Å². The van der Waals surface area contributed by atoms with Crippen molar-refractivity contribution in [3.8, 4) is 0 Å². The number of hydrogen-bond acceptors (Lipinski definition) is 5. The molecule has 2 aromatic rings. The van der Waals surface area contributed by atoms with Crippen LogP contribution in [0.5, 0.6) is 0 Å². The summed E-state index contributed by atoms with van der Waals surface area (Å²) >= 11 is 0. The lowest BCUT2D eigenvalue weighted by Crippen LogP contribution is -2.37. The number of likely N-dealkylation sites (N-methyl/N-ethyl adjacent to an activating group) is 1. The Bertz CT molecular complexity index is 746. The van der Waals surface area contributed by atoms with Crippen LogP contribution in [-0.2, 0) is 6.54 Å². The molecule has 0 aliphatic carbocycles. The number of imidazole rings is 1. The summed E-state index contributed by atoms with van der Waals surface area (Å²) < 4.78 is 1.94. The van der Waals surface area contributed by atoms with Crippen LogP contribution in [0.4, 0.5) is 5.82 Å². The van der Waals surface area contributed by atoms with E-state index in [1.807, 2.05) is 18.5 Å². The highest BCUT2D eigenvalue weighted by Gasteiger charge is 2.29. The first-order chi connectivity index (χ1) is 10.6. The summed E-state index contributed by atoms with van der Waals surface area (Å²) in [6.07, 6.45) is 3.63. The first-order valence-electron chi connectivity index (χ1n) is 7.90. The molecule has 2 aromatic heterocycles. The molecule has 0 saturated carbocycles. The Morgan fingerprint density at radius 2 is 1.73 bits per heavy atom. The topological polar surface area (TPSA) is 67.2 Å². The van der Waals surface area contributed by atoms with Gasteiger partial charge in [0.15, 0.2) is 17.0 Å². The molecule has 2 aliphatic rings. The normalized spacial score (nSPS) is 18.9. The highest BCUT2D eigenvalue weighted by atomic mass is 16.2. The van der Waals surface area contributed by atoms with Crippen molar-refractivity contribution in [2.75, 3.05) is 31.6 Å².